The zero-order valence-corrected chi connectivity index (χ0v) is 19.6. The SMILES string of the molecule is CCN(CC)c1ccc(-c2nnc(SCCCc3nc(-c4cccs4)no3)n2C)cc1. The Balaban J connectivity index is 1.31. The summed E-state index contributed by atoms with van der Waals surface area (Å²) in [4.78, 5) is 7.83. The van der Waals surface area contributed by atoms with Crippen LogP contribution in [0.3, 0.4) is 0 Å². The Morgan fingerprint density at radius 1 is 1.10 bits per heavy atom. The number of nitrogens with zero attached hydrogens (tertiary/aromatic N) is 6. The normalized spacial score (nSPS) is 11.2. The number of anilines is 1. The van der Waals surface area contributed by atoms with Crippen LogP contribution in [0.15, 0.2) is 51.5 Å². The number of aromatic nitrogens is 5. The predicted molar refractivity (Wildman–Crippen MR) is 127 cm³/mol. The van der Waals surface area contributed by atoms with Crippen LogP contribution in [0.4, 0.5) is 5.69 Å². The molecule has 0 saturated heterocycles. The second-order valence-corrected chi connectivity index (χ2v) is 9.04. The Labute approximate surface area is 190 Å². The van der Waals surface area contributed by atoms with Gasteiger partial charge in [-0.25, -0.2) is 0 Å². The van der Waals surface area contributed by atoms with Crippen LogP contribution in [-0.2, 0) is 13.5 Å². The van der Waals surface area contributed by atoms with E-state index < -0.39 is 0 Å². The molecule has 9 heteroatoms. The Hall–Kier alpha value is -2.65. The van der Waals surface area contributed by atoms with Gasteiger partial charge in [-0.2, -0.15) is 4.98 Å². The van der Waals surface area contributed by atoms with Crippen LogP contribution in [0.1, 0.15) is 26.2 Å². The van der Waals surface area contributed by atoms with Gasteiger partial charge in [0.2, 0.25) is 11.7 Å². The molecule has 0 spiro atoms. The molecule has 0 amide bonds. The predicted octanol–water partition coefficient (Wildman–Crippen LogP) is 5.16. The zero-order chi connectivity index (χ0) is 21.6. The van der Waals surface area contributed by atoms with Crippen molar-refractivity contribution in [3.05, 3.63) is 47.7 Å². The van der Waals surface area contributed by atoms with Gasteiger partial charge < -0.3 is 14.0 Å². The highest BCUT2D eigenvalue weighted by Gasteiger charge is 2.13. The van der Waals surface area contributed by atoms with Gasteiger partial charge >= 0.3 is 0 Å². The van der Waals surface area contributed by atoms with Crippen LogP contribution < -0.4 is 4.90 Å². The quantitative estimate of drug-likeness (QED) is 0.242. The van der Waals surface area contributed by atoms with Crippen molar-refractivity contribution < 1.29 is 4.52 Å². The van der Waals surface area contributed by atoms with E-state index in [0.29, 0.717) is 11.7 Å². The number of thiophene rings is 1. The summed E-state index contributed by atoms with van der Waals surface area (Å²) in [6.07, 6.45) is 1.68. The monoisotopic (exact) mass is 454 g/mol. The van der Waals surface area contributed by atoms with E-state index in [1.807, 2.05) is 24.6 Å². The molecule has 0 N–H and O–H groups in total. The highest BCUT2D eigenvalue weighted by molar-refractivity contribution is 7.99. The first kappa shape index (κ1) is 21.6. The van der Waals surface area contributed by atoms with E-state index in [-0.39, 0.29) is 0 Å². The number of thioether (sulfide) groups is 1. The standard InChI is InChI=1S/C22H26N6OS2/c1-4-28(5-2)17-12-10-16(11-13-17)21-24-25-22(27(21)3)31-15-7-9-19-23-20(26-29-19)18-8-6-14-30-18/h6,8,10-14H,4-5,7,9,15H2,1-3H3. The van der Waals surface area contributed by atoms with Crippen molar-refractivity contribution in [3.63, 3.8) is 0 Å². The van der Waals surface area contributed by atoms with Crippen LogP contribution in [0, 0.1) is 0 Å². The Bertz CT molecular complexity index is 1080. The number of hydrogen-bond acceptors (Lipinski definition) is 8. The van der Waals surface area contributed by atoms with E-state index in [2.05, 4.69) is 67.9 Å². The molecule has 0 aliphatic rings. The fourth-order valence-electron chi connectivity index (χ4n) is 3.35. The van der Waals surface area contributed by atoms with Gasteiger partial charge in [0.15, 0.2) is 11.0 Å². The molecule has 0 aliphatic carbocycles. The topological polar surface area (TPSA) is 72.9 Å². The summed E-state index contributed by atoms with van der Waals surface area (Å²) in [6.45, 7) is 6.34. The summed E-state index contributed by atoms with van der Waals surface area (Å²) in [5.74, 6) is 3.13. The van der Waals surface area contributed by atoms with Gasteiger partial charge in [-0.1, -0.05) is 23.0 Å². The van der Waals surface area contributed by atoms with Crippen molar-refractivity contribution in [1.82, 2.24) is 24.9 Å². The molecule has 0 radical (unpaired) electrons. The largest absolute Gasteiger partial charge is 0.372 e. The molecule has 7 nitrogen and oxygen atoms in total. The van der Waals surface area contributed by atoms with E-state index in [4.69, 9.17) is 4.52 Å². The van der Waals surface area contributed by atoms with E-state index >= 15 is 0 Å². The van der Waals surface area contributed by atoms with Crippen LogP contribution in [0.5, 0.6) is 0 Å². The van der Waals surface area contributed by atoms with E-state index in [9.17, 15) is 0 Å². The second-order valence-electron chi connectivity index (χ2n) is 7.03. The summed E-state index contributed by atoms with van der Waals surface area (Å²) < 4.78 is 7.42. The number of benzene rings is 1. The van der Waals surface area contributed by atoms with Crippen LogP contribution >= 0.6 is 23.1 Å². The molecule has 0 atom stereocenters. The first-order chi connectivity index (χ1) is 15.2. The van der Waals surface area contributed by atoms with Crippen molar-refractivity contribution in [3.8, 4) is 22.1 Å². The smallest absolute Gasteiger partial charge is 0.227 e. The number of hydrogen-bond donors (Lipinski definition) is 0. The van der Waals surface area contributed by atoms with Crippen LogP contribution in [0.2, 0.25) is 0 Å². The summed E-state index contributed by atoms with van der Waals surface area (Å²) in [5.41, 5.74) is 2.30. The van der Waals surface area contributed by atoms with E-state index in [0.717, 1.165) is 53.1 Å². The molecule has 0 saturated carbocycles. The Morgan fingerprint density at radius 2 is 1.90 bits per heavy atom. The van der Waals surface area contributed by atoms with Crippen molar-refractivity contribution in [2.75, 3.05) is 23.7 Å². The number of aryl methyl sites for hydroxylation is 1. The molecule has 0 bridgehead atoms. The van der Waals surface area contributed by atoms with Gasteiger partial charge in [0.1, 0.15) is 0 Å². The van der Waals surface area contributed by atoms with Crippen molar-refractivity contribution in [1.29, 1.82) is 0 Å². The first-order valence-corrected chi connectivity index (χ1v) is 12.3. The average Bonchev–Trinajstić information content (AvgIpc) is 3.54. The van der Waals surface area contributed by atoms with Gasteiger partial charge in [0.05, 0.1) is 4.88 Å². The zero-order valence-electron chi connectivity index (χ0n) is 18.0. The number of rotatable bonds is 10. The third-order valence-electron chi connectivity index (χ3n) is 5.06. The minimum atomic E-state index is 0.669. The molecule has 162 valence electrons. The summed E-state index contributed by atoms with van der Waals surface area (Å²) in [5, 5.41) is 15.8. The molecule has 3 aromatic heterocycles. The molecule has 3 heterocycles. The molecule has 0 aliphatic heterocycles. The van der Waals surface area contributed by atoms with Gasteiger partial charge in [-0.3, -0.25) is 0 Å². The minimum Gasteiger partial charge on any atom is -0.372 e. The molecular formula is C22H26N6OS2. The highest BCUT2D eigenvalue weighted by atomic mass is 32.2. The van der Waals surface area contributed by atoms with Gasteiger partial charge in [0, 0.05) is 43.6 Å². The molecule has 0 fully saturated rings. The maximum Gasteiger partial charge on any atom is 0.227 e. The van der Waals surface area contributed by atoms with Crippen molar-refractivity contribution in [2.24, 2.45) is 7.05 Å². The second kappa shape index (κ2) is 10.1. The fraction of sp³-hybridized carbons (Fsp3) is 0.364. The summed E-state index contributed by atoms with van der Waals surface area (Å²) in [6, 6.07) is 12.5. The van der Waals surface area contributed by atoms with E-state index in [1.165, 1.54) is 5.69 Å². The molecule has 31 heavy (non-hydrogen) atoms. The fourth-order valence-corrected chi connectivity index (χ4v) is 4.85. The lowest BCUT2D eigenvalue weighted by molar-refractivity contribution is 0.378. The highest BCUT2D eigenvalue weighted by Crippen LogP contribution is 2.26. The van der Waals surface area contributed by atoms with Crippen molar-refractivity contribution >= 4 is 28.8 Å². The lowest BCUT2D eigenvalue weighted by Crippen LogP contribution is -2.21. The Kier molecular flexibility index (Phi) is 7.03. The third kappa shape index (κ3) is 4.99. The summed E-state index contributed by atoms with van der Waals surface area (Å²) in [7, 11) is 2.02. The maximum atomic E-state index is 5.37. The van der Waals surface area contributed by atoms with Crippen molar-refractivity contribution in [2.45, 2.75) is 31.8 Å². The summed E-state index contributed by atoms with van der Waals surface area (Å²) >= 11 is 3.31. The van der Waals surface area contributed by atoms with Crippen LogP contribution in [-0.4, -0.2) is 43.7 Å². The van der Waals surface area contributed by atoms with Gasteiger partial charge in [-0.15, -0.1) is 21.5 Å². The maximum absolute atomic E-state index is 5.37. The minimum absolute atomic E-state index is 0.669. The molecule has 0 unspecified atom stereocenters. The third-order valence-corrected chi connectivity index (χ3v) is 7.04. The first-order valence-electron chi connectivity index (χ1n) is 10.4. The lowest BCUT2D eigenvalue weighted by atomic mass is 10.2. The molecular weight excluding hydrogens is 428 g/mol. The molecule has 4 aromatic rings. The lowest BCUT2D eigenvalue weighted by Gasteiger charge is -2.21. The van der Waals surface area contributed by atoms with E-state index in [1.54, 1.807) is 23.1 Å². The van der Waals surface area contributed by atoms with Gasteiger partial charge in [0.25, 0.3) is 0 Å². The molecule has 1 aromatic carbocycles. The average molecular weight is 455 g/mol. The van der Waals surface area contributed by atoms with Crippen LogP contribution in [0.25, 0.3) is 22.1 Å². The Morgan fingerprint density at radius 3 is 2.61 bits per heavy atom. The van der Waals surface area contributed by atoms with Gasteiger partial charge in [-0.05, 0) is 56.0 Å². The molecule has 4 rings (SSSR count).